The zero-order valence-corrected chi connectivity index (χ0v) is 11.0. The molecule has 0 aromatic carbocycles. The zero-order chi connectivity index (χ0) is 13.3. The molecule has 0 spiro atoms. The van der Waals surface area contributed by atoms with Crippen molar-refractivity contribution in [3.05, 3.63) is 17.5 Å². The zero-order valence-electron chi connectivity index (χ0n) is 11.0. The van der Waals surface area contributed by atoms with E-state index in [0.29, 0.717) is 29.5 Å². The van der Waals surface area contributed by atoms with Crippen molar-refractivity contribution in [3.63, 3.8) is 0 Å². The Balaban J connectivity index is 2.16. The van der Waals surface area contributed by atoms with Crippen molar-refractivity contribution in [1.29, 1.82) is 0 Å². The summed E-state index contributed by atoms with van der Waals surface area (Å²) in [5.41, 5.74) is 0.715. The molecule has 5 nitrogen and oxygen atoms in total. The summed E-state index contributed by atoms with van der Waals surface area (Å²) in [6, 6.07) is 1.82. The van der Waals surface area contributed by atoms with E-state index < -0.39 is 5.97 Å². The van der Waals surface area contributed by atoms with E-state index in [1.165, 1.54) is 12.5 Å². The summed E-state index contributed by atoms with van der Waals surface area (Å²) >= 11 is 0. The number of nitrogens with zero attached hydrogens (tertiary/aromatic N) is 2. The molecule has 1 aliphatic rings. The highest BCUT2D eigenvalue weighted by atomic mass is 16.4. The molecule has 98 valence electrons. The van der Waals surface area contributed by atoms with Crippen molar-refractivity contribution in [2.75, 3.05) is 5.32 Å². The first kappa shape index (κ1) is 12.8. The Hall–Kier alpha value is -1.65. The van der Waals surface area contributed by atoms with Crippen LogP contribution in [-0.2, 0) is 0 Å². The SMILES string of the molecule is Cc1cc(C(=O)O)nc(NC2CCC(C)C2C)n1. The Kier molecular flexibility index (Phi) is 3.50. The number of carbonyl (C=O) groups is 1. The van der Waals surface area contributed by atoms with E-state index in [2.05, 4.69) is 29.1 Å². The minimum atomic E-state index is -1.02. The van der Waals surface area contributed by atoms with E-state index in [0.717, 1.165) is 6.42 Å². The molecule has 3 unspecified atom stereocenters. The highest BCUT2D eigenvalue weighted by Gasteiger charge is 2.30. The maximum Gasteiger partial charge on any atom is 0.354 e. The molecule has 0 radical (unpaired) electrons. The fraction of sp³-hybridized carbons (Fsp3) is 0.615. The van der Waals surface area contributed by atoms with Crippen LogP contribution in [0.25, 0.3) is 0 Å². The lowest BCUT2D eigenvalue weighted by Crippen LogP contribution is -2.25. The average molecular weight is 249 g/mol. The number of rotatable bonds is 3. The summed E-state index contributed by atoms with van der Waals surface area (Å²) in [5, 5.41) is 12.2. The Morgan fingerprint density at radius 2 is 2.11 bits per heavy atom. The second-order valence-electron chi connectivity index (χ2n) is 5.19. The third-order valence-electron chi connectivity index (χ3n) is 3.85. The van der Waals surface area contributed by atoms with Gasteiger partial charge in [-0.15, -0.1) is 0 Å². The molecule has 1 aromatic heterocycles. The molecule has 1 aromatic rings. The molecular weight excluding hydrogens is 230 g/mol. The Morgan fingerprint density at radius 1 is 1.39 bits per heavy atom. The van der Waals surface area contributed by atoms with E-state index in [9.17, 15) is 4.79 Å². The Morgan fingerprint density at radius 3 is 2.67 bits per heavy atom. The van der Waals surface area contributed by atoms with Gasteiger partial charge < -0.3 is 10.4 Å². The van der Waals surface area contributed by atoms with E-state index >= 15 is 0 Å². The van der Waals surface area contributed by atoms with Crippen LogP contribution in [0.3, 0.4) is 0 Å². The average Bonchev–Trinajstić information content (AvgIpc) is 2.60. The predicted molar refractivity (Wildman–Crippen MR) is 68.7 cm³/mol. The van der Waals surface area contributed by atoms with Crippen molar-refractivity contribution < 1.29 is 9.90 Å². The Bertz CT molecular complexity index is 462. The highest BCUT2D eigenvalue weighted by Crippen LogP contribution is 2.32. The van der Waals surface area contributed by atoms with Crippen LogP contribution >= 0.6 is 0 Å². The quantitative estimate of drug-likeness (QED) is 0.860. The molecule has 0 saturated heterocycles. The number of carboxylic acid groups (broad SMARTS) is 1. The molecule has 2 N–H and O–H groups in total. The summed E-state index contributed by atoms with van der Waals surface area (Å²) < 4.78 is 0. The van der Waals surface area contributed by atoms with Gasteiger partial charge in [0.1, 0.15) is 0 Å². The first-order valence-corrected chi connectivity index (χ1v) is 6.33. The fourth-order valence-corrected chi connectivity index (χ4v) is 2.48. The highest BCUT2D eigenvalue weighted by molar-refractivity contribution is 5.85. The van der Waals surface area contributed by atoms with Crippen LogP contribution in [0, 0.1) is 18.8 Å². The number of nitrogens with one attached hydrogen (secondary N) is 1. The Labute approximate surface area is 107 Å². The summed E-state index contributed by atoms with van der Waals surface area (Å²) in [7, 11) is 0. The largest absolute Gasteiger partial charge is 0.477 e. The second kappa shape index (κ2) is 4.92. The molecule has 1 fully saturated rings. The minimum absolute atomic E-state index is 0.0451. The van der Waals surface area contributed by atoms with Gasteiger partial charge in [-0.3, -0.25) is 0 Å². The smallest absolute Gasteiger partial charge is 0.354 e. The van der Waals surface area contributed by atoms with Gasteiger partial charge in [0, 0.05) is 11.7 Å². The second-order valence-corrected chi connectivity index (χ2v) is 5.19. The number of aromatic nitrogens is 2. The molecule has 0 amide bonds. The summed E-state index contributed by atoms with van der Waals surface area (Å²) in [6.07, 6.45) is 2.28. The van der Waals surface area contributed by atoms with Gasteiger partial charge in [-0.2, -0.15) is 0 Å². The van der Waals surface area contributed by atoms with Crippen LogP contribution < -0.4 is 5.32 Å². The first-order chi connectivity index (χ1) is 8.47. The topological polar surface area (TPSA) is 75.1 Å². The number of aromatic carboxylic acids is 1. The number of carboxylic acids is 1. The predicted octanol–water partition coefficient (Wildman–Crippen LogP) is 2.33. The molecule has 1 aliphatic carbocycles. The van der Waals surface area contributed by atoms with Crippen LogP contribution in [0.1, 0.15) is 42.9 Å². The molecule has 1 heterocycles. The summed E-state index contributed by atoms with van der Waals surface area (Å²) in [6.45, 7) is 6.23. The van der Waals surface area contributed by atoms with Crippen LogP contribution in [-0.4, -0.2) is 27.1 Å². The molecule has 18 heavy (non-hydrogen) atoms. The fourth-order valence-electron chi connectivity index (χ4n) is 2.48. The van der Waals surface area contributed by atoms with E-state index in [1.54, 1.807) is 6.92 Å². The van der Waals surface area contributed by atoms with Gasteiger partial charge in [0.2, 0.25) is 5.95 Å². The van der Waals surface area contributed by atoms with Gasteiger partial charge in [0.15, 0.2) is 5.69 Å². The van der Waals surface area contributed by atoms with Crippen molar-refractivity contribution in [3.8, 4) is 0 Å². The summed E-state index contributed by atoms with van der Waals surface area (Å²) in [5.74, 6) is 0.656. The maximum atomic E-state index is 10.9. The van der Waals surface area contributed by atoms with Crippen LogP contribution in [0.4, 0.5) is 5.95 Å². The van der Waals surface area contributed by atoms with Gasteiger partial charge in [-0.1, -0.05) is 13.8 Å². The molecule has 0 bridgehead atoms. The normalized spacial score (nSPS) is 27.2. The molecule has 5 heteroatoms. The minimum Gasteiger partial charge on any atom is -0.477 e. The maximum absolute atomic E-state index is 10.9. The third kappa shape index (κ3) is 2.60. The van der Waals surface area contributed by atoms with Crippen LogP contribution in [0.15, 0.2) is 6.07 Å². The lowest BCUT2D eigenvalue weighted by molar-refractivity contribution is 0.0690. The molecule has 0 aliphatic heterocycles. The molecule has 2 rings (SSSR count). The monoisotopic (exact) mass is 249 g/mol. The molecule has 3 atom stereocenters. The number of aryl methyl sites for hydroxylation is 1. The molecule has 1 saturated carbocycles. The van der Waals surface area contributed by atoms with Crippen molar-refractivity contribution in [2.24, 2.45) is 11.8 Å². The molecular formula is C13H19N3O2. The van der Waals surface area contributed by atoms with Crippen LogP contribution in [0.2, 0.25) is 0 Å². The van der Waals surface area contributed by atoms with E-state index in [4.69, 9.17) is 5.11 Å². The van der Waals surface area contributed by atoms with Gasteiger partial charge >= 0.3 is 5.97 Å². The lowest BCUT2D eigenvalue weighted by Gasteiger charge is -2.19. The van der Waals surface area contributed by atoms with Gasteiger partial charge in [-0.05, 0) is 37.7 Å². The number of hydrogen-bond acceptors (Lipinski definition) is 4. The first-order valence-electron chi connectivity index (χ1n) is 6.33. The van der Waals surface area contributed by atoms with Gasteiger partial charge in [-0.25, -0.2) is 14.8 Å². The standard InChI is InChI=1S/C13H19N3O2/c1-7-4-5-10(9(7)3)15-13-14-8(2)6-11(16-13)12(17)18/h6-7,9-10H,4-5H2,1-3H3,(H,17,18)(H,14,15,16). The van der Waals surface area contributed by atoms with Crippen molar-refractivity contribution >= 4 is 11.9 Å². The van der Waals surface area contributed by atoms with E-state index in [-0.39, 0.29) is 5.69 Å². The van der Waals surface area contributed by atoms with Crippen molar-refractivity contribution in [1.82, 2.24) is 9.97 Å². The number of hydrogen-bond donors (Lipinski definition) is 2. The van der Waals surface area contributed by atoms with Gasteiger partial charge in [0.25, 0.3) is 0 Å². The van der Waals surface area contributed by atoms with Gasteiger partial charge in [0.05, 0.1) is 0 Å². The van der Waals surface area contributed by atoms with E-state index in [1.807, 2.05) is 0 Å². The third-order valence-corrected chi connectivity index (χ3v) is 3.85. The van der Waals surface area contributed by atoms with Crippen LogP contribution in [0.5, 0.6) is 0 Å². The number of anilines is 1. The van der Waals surface area contributed by atoms with Crippen molar-refractivity contribution in [2.45, 2.75) is 39.7 Å². The lowest BCUT2D eigenvalue weighted by atomic mass is 9.98. The summed E-state index contributed by atoms with van der Waals surface area (Å²) in [4.78, 5) is 19.2.